The Kier molecular flexibility index (Phi) is 4.61. The van der Waals surface area contributed by atoms with Gasteiger partial charge in [-0.3, -0.25) is 9.78 Å². The van der Waals surface area contributed by atoms with E-state index in [1.165, 1.54) is 0 Å². The van der Waals surface area contributed by atoms with Gasteiger partial charge in [-0.15, -0.1) is 11.6 Å². The van der Waals surface area contributed by atoms with Crippen molar-refractivity contribution >= 4 is 33.5 Å². The predicted molar refractivity (Wildman–Crippen MR) is 57.8 cm³/mol. The van der Waals surface area contributed by atoms with Crippen LogP contribution in [0.2, 0.25) is 0 Å². The van der Waals surface area contributed by atoms with Gasteiger partial charge in [0.1, 0.15) is 0 Å². The summed E-state index contributed by atoms with van der Waals surface area (Å²) in [5.74, 6) is -1.19. The van der Waals surface area contributed by atoms with Gasteiger partial charge < -0.3 is 5.11 Å². The molecule has 1 heterocycles. The molecule has 0 saturated carbocycles. The number of carboxylic acids is 1. The number of aromatic nitrogens is 1. The van der Waals surface area contributed by atoms with Crippen LogP contribution in [0.15, 0.2) is 10.5 Å². The summed E-state index contributed by atoms with van der Waals surface area (Å²) < 4.78 is 25.6. The summed E-state index contributed by atoms with van der Waals surface area (Å²) in [5, 5.41) is 8.58. The summed E-state index contributed by atoms with van der Waals surface area (Å²) in [6, 6.07) is 1.16. The molecule has 0 unspecified atom stereocenters. The Morgan fingerprint density at radius 3 is 2.62 bits per heavy atom. The number of carboxylic acid groups (broad SMARTS) is 1. The maximum atomic E-state index is 12.6. The highest BCUT2D eigenvalue weighted by Crippen LogP contribution is 2.28. The first-order chi connectivity index (χ1) is 7.45. The number of pyridine rings is 1. The number of alkyl halides is 3. The van der Waals surface area contributed by atoms with Crippen molar-refractivity contribution in [3.63, 3.8) is 0 Å². The molecule has 0 aliphatic rings. The van der Waals surface area contributed by atoms with Crippen molar-refractivity contribution in [1.29, 1.82) is 0 Å². The number of nitrogens with zero attached hydrogens (tertiary/aromatic N) is 1. The summed E-state index contributed by atoms with van der Waals surface area (Å²) in [4.78, 5) is 14.3. The second-order valence-corrected chi connectivity index (χ2v) is 4.08. The van der Waals surface area contributed by atoms with Gasteiger partial charge >= 0.3 is 5.97 Å². The van der Waals surface area contributed by atoms with Crippen LogP contribution in [-0.4, -0.2) is 16.1 Å². The van der Waals surface area contributed by atoms with Crippen LogP contribution in [0.4, 0.5) is 8.78 Å². The molecule has 0 atom stereocenters. The molecule has 16 heavy (non-hydrogen) atoms. The Labute approximate surface area is 104 Å². The van der Waals surface area contributed by atoms with E-state index in [4.69, 9.17) is 16.7 Å². The molecule has 0 aliphatic heterocycles. The predicted octanol–water partition coefficient (Wildman–Crippen LogP) is 3.15. The smallest absolute Gasteiger partial charge is 0.309 e. The summed E-state index contributed by atoms with van der Waals surface area (Å²) in [6.45, 7) is 0. The second kappa shape index (κ2) is 5.54. The van der Waals surface area contributed by atoms with Gasteiger partial charge in [-0.1, -0.05) is 0 Å². The van der Waals surface area contributed by atoms with E-state index in [9.17, 15) is 13.6 Å². The molecule has 1 rings (SSSR count). The summed E-state index contributed by atoms with van der Waals surface area (Å²) in [5.41, 5.74) is -0.188. The fourth-order valence-corrected chi connectivity index (χ4v) is 1.99. The molecule has 88 valence electrons. The van der Waals surface area contributed by atoms with E-state index in [2.05, 4.69) is 20.9 Å². The molecule has 0 saturated heterocycles. The fourth-order valence-electron chi connectivity index (χ4n) is 1.15. The Hall–Kier alpha value is -0.750. The van der Waals surface area contributed by atoms with Crippen LogP contribution in [0.25, 0.3) is 0 Å². The van der Waals surface area contributed by atoms with E-state index in [-0.39, 0.29) is 17.1 Å². The van der Waals surface area contributed by atoms with Crippen LogP contribution in [0.1, 0.15) is 23.4 Å². The Balaban J connectivity index is 3.24. The van der Waals surface area contributed by atoms with Crippen molar-refractivity contribution in [2.24, 2.45) is 0 Å². The van der Waals surface area contributed by atoms with Crippen LogP contribution >= 0.6 is 27.5 Å². The van der Waals surface area contributed by atoms with Crippen LogP contribution in [-0.2, 0) is 17.1 Å². The lowest BCUT2D eigenvalue weighted by atomic mass is 10.1. The molecular formula is C9H7BrClF2NO2. The maximum absolute atomic E-state index is 12.6. The SMILES string of the molecule is O=C(O)Cc1nc(CCl)c(Br)cc1C(F)F. The van der Waals surface area contributed by atoms with E-state index >= 15 is 0 Å². The van der Waals surface area contributed by atoms with Crippen LogP contribution in [0, 0.1) is 0 Å². The second-order valence-electron chi connectivity index (χ2n) is 2.96. The molecule has 1 N–H and O–H groups in total. The van der Waals surface area contributed by atoms with Gasteiger partial charge in [-0.2, -0.15) is 0 Å². The highest BCUT2D eigenvalue weighted by molar-refractivity contribution is 9.10. The number of hydrogen-bond donors (Lipinski definition) is 1. The number of carbonyl (C=O) groups is 1. The minimum absolute atomic E-state index is 0.0245. The highest BCUT2D eigenvalue weighted by Gasteiger charge is 2.19. The molecule has 0 bridgehead atoms. The Morgan fingerprint density at radius 2 is 2.19 bits per heavy atom. The van der Waals surface area contributed by atoms with Crippen molar-refractivity contribution < 1.29 is 18.7 Å². The Bertz CT molecular complexity index is 415. The molecular weight excluding hydrogens is 307 g/mol. The van der Waals surface area contributed by atoms with Gasteiger partial charge in [-0.25, -0.2) is 8.78 Å². The van der Waals surface area contributed by atoms with E-state index in [0.29, 0.717) is 10.2 Å². The summed E-state index contributed by atoms with van der Waals surface area (Å²) in [7, 11) is 0. The summed E-state index contributed by atoms with van der Waals surface area (Å²) >= 11 is 8.59. The first-order valence-electron chi connectivity index (χ1n) is 4.19. The largest absolute Gasteiger partial charge is 0.481 e. The molecule has 0 aliphatic carbocycles. The zero-order valence-electron chi connectivity index (χ0n) is 7.88. The lowest BCUT2D eigenvalue weighted by Gasteiger charge is -2.09. The number of halogens is 4. The summed E-state index contributed by atoms with van der Waals surface area (Å²) in [6.07, 6.45) is -3.31. The minimum atomic E-state index is -2.76. The standard InChI is InChI=1S/C9H7BrClF2NO2/c10-5-1-4(9(12)13)6(2-8(15)16)14-7(5)3-11/h1,9H,2-3H2,(H,15,16). The third-order valence-electron chi connectivity index (χ3n) is 1.84. The minimum Gasteiger partial charge on any atom is -0.481 e. The molecule has 3 nitrogen and oxygen atoms in total. The molecule has 0 amide bonds. The van der Waals surface area contributed by atoms with Crippen LogP contribution < -0.4 is 0 Å². The zero-order valence-corrected chi connectivity index (χ0v) is 10.2. The topological polar surface area (TPSA) is 50.2 Å². The third-order valence-corrected chi connectivity index (χ3v) is 2.78. The Morgan fingerprint density at radius 1 is 1.56 bits per heavy atom. The molecule has 0 aromatic carbocycles. The lowest BCUT2D eigenvalue weighted by Crippen LogP contribution is -2.08. The molecule has 0 spiro atoms. The van der Waals surface area contributed by atoms with E-state index < -0.39 is 18.8 Å². The monoisotopic (exact) mass is 313 g/mol. The van der Waals surface area contributed by atoms with Crippen molar-refractivity contribution in [3.8, 4) is 0 Å². The molecule has 0 fully saturated rings. The van der Waals surface area contributed by atoms with E-state index in [0.717, 1.165) is 6.07 Å². The average molecular weight is 315 g/mol. The highest BCUT2D eigenvalue weighted by atomic mass is 79.9. The van der Waals surface area contributed by atoms with Gasteiger partial charge in [0.05, 0.1) is 23.7 Å². The van der Waals surface area contributed by atoms with Crippen LogP contribution in [0.5, 0.6) is 0 Å². The molecule has 1 aromatic rings. The van der Waals surface area contributed by atoms with E-state index in [1.54, 1.807) is 0 Å². The number of rotatable bonds is 4. The van der Waals surface area contributed by atoms with Crippen molar-refractivity contribution in [2.45, 2.75) is 18.7 Å². The zero-order chi connectivity index (χ0) is 12.3. The molecule has 1 aromatic heterocycles. The normalized spacial score (nSPS) is 10.8. The fraction of sp³-hybridized carbons (Fsp3) is 0.333. The maximum Gasteiger partial charge on any atom is 0.309 e. The lowest BCUT2D eigenvalue weighted by molar-refractivity contribution is -0.136. The van der Waals surface area contributed by atoms with Gasteiger partial charge in [0.15, 0.2) is 0 Å². The first-order valence-corrected chi connectivity index (χ1v) is 5.52. The number of hydrogen-bond acceptors (Lipinski definition) is 2. The van der Waals surface area contributed by atoms with Gasteiger partial charge in [-0.05, 0) is 22.0 Å². The quantitative estimate of drug-likeness (QED) is 0.869. The molecule has 0 radical (unpaired) electrons. The van der Waals surface area contributed by atoms with E-state index in [1.807, 2.05) is 0 Å². The van der Waals surface area contributed by atoms with Crippen molar-refractivity contribution in [3.05, 3.63) is 27.5 Å². The third kappa shape index (κ3) is 3.12. The van der Waals surface area contributed by atoms with Crippen molar-refractivity contribution in [1.82, 2.24) is 4.98 Å². The van der Waals surface area contributed by atoms with Gasteiger partial charge in [0, 0.05) is 10.0 Å². The molecule has 7 heteroatoms. The van der Waals surface area contributed by atoms with Gasteiger partial charge in [0.25, 0.3) is 6.43 Å². The average Bonchev–Trinajstić information content (AvgIpc) is 2.19. The van der Waals surface area contributed by atoms with Crippen molar-refractivity contribution in [2.75, 3.05) is 0 Å². The number of aliphatic carboxylic acids is 1. The first kappa shape index (κ1) is 13.3. The van der Waals surface area contributed by atoms with Gasteiger partial charge in [0.2, 0.25) is 0 Å². The van der Waals surface area contributed by atoms with Crippen LogP contribution in [0.3, 0.4) is 0 Å².